The third-order valence-electron chi connectivity index (χ3n) is 4.53. The molecule has 2 amide bonds. The Bertz CT molecular complexity index is 571. The first-order valence-corrected chi connectivity index (χ1v) is 7.61. The van der Waals surface area contributed by atoms with Crippen molar-refractivity contribution in [2.24, 2.45) is 5.41 Å². The summed E-state index contributed by atoms with van der Waals surface area (Å²) < 4.78 is 0. The van der Waals surface area contributed by atoms with E-state index < -0.39 is 0 Å². The largest absolute Gasteiger partial charge is 0.396 e. The molecule has 5 nitrogen and oxygen atoms in total. The summed E-state index contributed by atoms with van der Waals surface area (Å²) in [5, 5.41) is 12.6. The van der Waals surface area contributed by atoms with Gasteiger partial charge in [-0.25, -0.2) is 0 Å². The Balaban J connectivity index is 2.13. The van der Waals surface area contributed by atoms with Gasteiger partial charge in [-0.05, 0) is 31.0 Å². The first-order valence-electron chi connectivity index (χ1n) is 7.61. The van der Waals surface area contributed by atoms with E-state index >= 15 is 0 Å². The molecule has 22 heavy (non-hydrogen) atoms. The van der Waals surface area contributed by atoms with E-state index in [1.54, 1.807) is 38.4 Å². The zero-order valence-electron chi connectivity index (χ0n) is 13.4. The van der Waals surface area contributed by atoms with Crippen LogP contribution < -0.4 is 5.32 Å². The van der Waals surface area contributed by atoms with Gasteiger partial charge >= 0.3 is 0 Å². The van der Waals surface area contributed by atoms with Gasteiger partial charge in [0.1, 0.15) is 0 Å². The molecule has 0 saturated heterocycles. The first-order chi connectivity index (χ1) is 10.4. The van der Waals surface area contributed by atoms with Crippen molar-refractivity contribution in [2.75, 3.05) is 20.7 Å². The van der Waals surface area contributed by atoms with Gasteiger partial charge in [0.2, 0.25) is 0 Å². The highest BCUT2D eigenvalue weighted by Gasteiger charge is 2.39. The van der Waals surface area contributed by atoms with Crippen LogP contribution in [-0.4, -0.2) is 48.6 Å². The molecule has 1 aliphatic rings. The van der Waals surface area contributed by atoms with Gasteiger partial charge in [0.05, 0.1) is 6.61 Å². The number of carbonyl (C=O) groups excluding carboxylic acids is 2. The number of benzene rings is 1. The normalized spacial score (nSPS) is 24.1. The number of rotatable bonds is 4. The van der Waals surface area contributed by atoms with Crippen molar-refractivity contribution in [3.05, 3.63) is 35.4 Å². The van der Waals surface area contributed by atoms with Crippen molar-refractivity contribution in [2.45, 2.75) is 32.2 Å². The van der Waals surface area contributed by atoms with Crippen LogP contribution in [0.3, 0.4) is 0 Å². The van der Waals surface area contributed by atoms with E-state index in [-0.39, 0.29) is 29.9 Å². The summed E-state index contributed by atoms with van der Waals surface area (Å²) in [6.07, 6.45) is 2.79. The van der Waals surface area contributed by atoms with Crippen molar-refractivity contribution in [3.8, 4) is 0 Å². The molecule has 0 aromatic heterocycles. The standard InChI is InChI=1S/C17H24N2O3/c1-17(11-20)9-5-8-14(17)18-15(21)12-6-4-7-13(10-12)16(22)19(2)3/h4,6-7,10,14,20H,5,8-9,11H2,1-3H3,(H,18,21). The maximum Gasteiger partial charge on any atom is 0.253 e. The van der Waals surface area contributed by atoms with Gasteiger partial charge in [-0.2, -0.15) is 0 Å². The summed E-state index contributed by atoms with van der Waals surface area (Å²) in [5.74, 6) is -0.323. The lowest BCUT2D eigenvalue weighted by Gasteiger charge is -2.30. The Labute approximate surface area is 131 Å². The number of carbonyl (C=O) groups is 2. The lowest BCUT2D eigenvalue weighted by atomic mass is 9.85. The topological polar surface area (TPSA) is 69.6 Å². The van der Waals surface area contributed by atoms with E-state index in [2.05, 4.69) is 5.32 Å². The molecule has 0 aliphatic heterocycles. The van der Waals surface area contributed by atoms with Crippen molar-refractivity contribution in [1.82, 2.24) is 10.2 Å². The molecule has 2 unspecified atom stereocenters. The summed E-state index contributed by atoms with van der Waals surface area (Å²) in [6, 6.07) is 6.70. The molecule has 120 valence electrons. The Morgan fingerprint density at radius 1 is 1.36 bits per heavy atom. The predicted molar refractivity (Wildman–Crippen MR) is 84.8 cm³/mol. The quantitative estimate of drug-likeness (QED) is 0.889. The fourth-order valence-electron chi connectivity index (χ4n) is 2.96. The molecule has 1 saturated carbocycles. The van der Waals surface area contributed by atoms with E-state index in [0.29, 0.717) is 11.1 Å². The van der Waals surface area contributed by atoms with Crippen molar-refractivity contribution >= 4 is 11.8 Å². The maximum absolute atomic E-state index is 12.4. The number of amides is 2. The second kappa shape index (κ2) is 6.48. The average Bonchev–Trinajstić information content (AvgIpc) is 2.88. The van der Waals surface area contributed by atoms with Gasteiger partial charge < -0.3 is 15.3 Å². The zero-order valence-corrected chi connectivity index (χ0v) is 13.4. The summed E-state index contributed by atoms with van der Waals surface area (Å²) in [6.45, 7) is 2.06. The molecule has 1 aliphatic carbocycles. The first kappa shape index (κ1) is 16.5. The fraction of sp³-hybridized carbons (Fsp3) is 0.529. The number of hydrogen-bond donors (Lipinski definition) is 2. The number of nitrogens with zero attached hydrogens (tertiary/aromatic N) is 1. The Kier molecular flexibility index (Phi) is 4.86. The van der Waals surface area contributed by atoms with Crippen LogP contribution in [-0.2, 0) is 0 Å². The van der Waals surface area contributed by atoms with Gasteiger partial charge in [-0.1, -0.05) is 19.4 Å². The molecule has 1 aromatic carbocycles. The van der Waals surface area contributed by atoms with E-state index in [9.17, 15) is 14.7 Å². The highest BCUT2D eigenvalue weighted by atomic mass is 16.3. The molecule has 2 rings (SSSR count). The highest BCUT2D eigenvalue weighted by molar-refractivity contribution is 5.99. The maximum atomic E-state index is 12.4. The second-order valence-electron chi connectivity index (χ2n) is 6.51. The lowest BCUT2D eigenvalue weighted by Crippen LogP contribution is -2.44. The number of nitrogens with one attached hydrogen (secondary N) is 1. The van der Waals surface area contributed by atoms with Crippen LogP contribution in [0.15, 0.2) is 24.3 Å². The number of hydrogen-bond acceptors (Lipinski definition) is 3. The fourth-order valence-corrected chi connectivity index (χ4v) is 2.96. The minimum Gasteiger partial charge on any atom is -0.396 e. The van der Waals surface area contributed by atoms with Crippen LogP contribution in [0.25, 0.3) is 0 Å². The molecule has 0 radical (unpaired) electrons. The van der Waals surface area contributed by atoms with Crippen LogP contribution in [0.2, 0.25) is 0 Å². The summed E-state index contributed by atoms with van der Waals surface area (Å²) >= 11 is 0. The molecule has 2 atom stereocenters. The summed E-state index contributed by atoms with van der Waals surface area (Å²) in [5.41, 5.74) is 0.709. The molecule has 2 N–H and O–H groups in total. The van der Waals surface area contributed by atoms with Crippen molar-refractivity contribution < 1.29 is 14.7 Å². The molecular formula is C17H24N2O3. The number of aliphatic hydroxyl groups is 1. The Morgan fingerprint density at radius 3 is 2.68 bits per heavy atom. The van der Waals surface area contributed by atoms with Crippen LogP contribution >= 0.6 is 0 Å². The zero-order chi connectivity index (χ0) is 16.3. The molecule has 1 aromatic rings. The van der Waals surface area contributed by atoms with E-state index in [0.717, 1.165) is 19.3 Å². The van der Waals surface area contributed by atoms with Crippen LogP contribution in [0.5, 0.6) is 0 Å². The SMILES string of the molecule is CN(C)C(=O)c1cccc(C(=O)NC2CCCC2(C)CO)c1. The molecule has 0 bridgehead atoms. The van der Waals surface area contributed by atoms with Gasteiger partial charge in [0.15, 0.2) is 0 Å². The van der Waals surface area contributed by atoms with Gasteiger partial charge in [0, 0.05) is 36.7 Å². The smallest absolute Gasteiger partial charge is 0.253 e. The van der Waals surface area contributed by atoms with Gasteiger partial charge in [-0.15, -0.1) is 0 Å². The van der Waals surface area contributed by atoms with Gasteiger partial charge in [-0.3, -0.25) is 9.59 Å². The van der Waals surface area contributed by atoms with Crippen molar-refractivity contribution in [3.63, 3.8) is 0 Å². The third-order valence-corrected chi connectivity index (χ3v) is 4.53. The second-order valence-corrected chi connectivity index (χ2v) is 6.51. The average molecular weight is 304 g/mol. The molecule has 5 heteroatoms. The predicted octanol–water partition coefficient (Wildman–Crippen LogP) is 1.67. The van der Waals surface area contributed by atoms with E-state index in [1.165, 1.54) is 4.90 Å². The van der Waals surface area contributed by atoms with E-state index in [1.807, 2.05) is 6.92 Å². The van der Waals surface area contributed by atoms with Crippen LogP contribution in [0.1, 0.15) is 46.9 Å². The van der Waals surface area contributed by atoms with E-state index in [4.69, 9.17) is 0 Å². The van der Waals surface area contributed by atoms with Crippen LogP contribution in [0.4, 0.5) is 0 Å². The summed E-state index contributed by atoms with van der Waals surface area (Å²) in [7, 11) is 3.36. The Morgan fingerprint density at radius 2 is 2.05 bits per heavy atom. The Hall–Kier alpha value is -1.88. The minimum atomic E-state index is -0.257. The monoisotopic (exact) mass is 304 g/mol. The molecule has 0 heterocycles. The van der Waals surface area contributed by atoms with Gasteiger partial charge in [0.25, 0.3) is 11.8 Å². The molecule has 1 fully saturated rings. The minimum absolute atomic E-state index is 0.0294. The highest BCUT2D eigenvalue weighted by Crippen LogP contribution is 2.37. The van der Waals surface area contributed by atoms with Crippen molar-refractivity contribution in [1.29, 1.82) is 0 Å². The van der Waals surface area contributed by atoms with Crippen LogP contribution in [0, 0.1) is 5.41 Å². The molecule has 0 spiro atoms. The lowest BCUT2D eigenvalue weighted by molar-refractivity contribution is 0.0827. The number of aliphatic hydroxyl groups excluding tert-OH is 1. The molecular weight excluding hydrogens is 280 g/mol. The third kappa shape index (κ3) is 3.30. The summed E-state index contributed by atoms with van der Waals surface area (Å²) in [4.78, 5) is 25.9.